The van der Waals surface area contributed by atoms with Crippen LogP contribution in [-0.2, 0) is 12.8 Å². The zero-order valence-corrected chi connectivity index (χ0v) is 13.2. The number of benzene rings is 2. The molecule has 2 aliphatic heterocycles. The molecule has 4 rings (SSSR count). The van der Waals surface area contributed by atoms with E-state index < -0.39 is 0 Å². The minimum Gasteiger partial charge on any atom is -0.285 e. The fourth-order valence-corrected chi connectivity index (χ4v) is 3.84. The number of aryl methyl sites for hydroxylation is 2. The molecule has 0 fully saturated rings. The van der Waals surface area contributed by atoms with Gasteiger partial charge in [0.2, 0.25) is 0 Å². The molecule has 0 saturated carbocycles. The van der Waals surface area contributed by atoms with E-state index in [1.807, 2.05) is 0 Å². The molecule has 0 amide bonds. The first-order valence-corrected chi connectivity index (χ1v) is 8.64. The predicted octanol–water partition coefficient (Wildman–Crippen LogP) is 4.59. The summed E-state index contributed by atoms with van der Waals surface area (Å²) in [5, 5.41) is 5.10. The highest BCUT2D eigenvalue weighted by Crippen LogP contribution is 2.33. The van der Waals surface area contributed by atoms with Crippen LogP contribution in [0.15, 0.2) is 48.5 Å². The fourth-order valence-electron chi connectivity index (χ4n) is 3.84. The van der Waals surface area contributed by atoms with Crippen molar-refractivity contribution in [3.63, 3.8) is 0 Å². The van der Waals surface area contributed by atoms with Gasteiger partial charge >= 0.3 is 0 Å². The zero-order chi connectivity index (χ0) is 14.8. The van der Waals surface area contributed by atoms with E-state index in [-0.39, 0.29) is 0 Å². The molecule has 0 spiro atoms. The molecule has 2 aromatic rings. The molecule has 0 saturated heterocycles. The van der Waals surface area contributed by atoms with Gasteiger partial charge in [0.25, 0.3) is 0 Å². The number of hydrogen-bond acceptors (Lipinski definition) is 2. The third-order valence-electron chi connectivity index (χ3n) is 4.96. The van der Waals surface area contributed by atoms with Crippen LogP contribution in [0.25, 0.3) is 0 Å². The summed E-state index contributed by atoms with van der Waals surface area (Å²) in [5.74, 6) is 0. The molecule has 2 heteroatoms. The second-order valence-corrected chi connectivity index (χ2v) is 6.42. The highest BCUT2D eigenvalue weighted by atomic mass is 15.6. The van der Waals surface area contributed by atoms with Gasteiger partial charge in [0.1, 0.15) is 0 Å². The van der Waals surface area contributed by atoms with Crippen LogP contribution >= 0.6 is 0 Å². The number of para-hydroxylation sites is 2. The third kappa shape index (κ3) is 2.47. The summed E-state index contributed by atoms with van der Waals surface area (Å²) in [4.78, 5) is 0. The van der Waals surface area contributed by atoms with Gasteiger partial charge in [-0.25, -0.2) is 0 Å². The van der Waals surface area contributed by atoms with E-state index in [0.29, 0.717) is 0 Å². The highest BCUT2D eigenvalue weighted by Gasteiger charge is 2.24. The molecular weight excluding hydrogens is 268 g/mol. The second kappa shape index (κ2) is 6.04. The maximum atomic E-state index is 2.55. The van der Waals surface area contributed by atoms with E-state index in [4.69, 9.17) is 0 Å². The van der Waals surface area contributed by atoms with E-state index in [2.05, 4.69) is 58.5 Å². The van der Waals surface area contributed by atoms with Crippen LogP contribution in [0.2, 0.25) is 0 Å². The third-order valence-corrected chi connectivity index (χ3v) is 4.96. The largest absolute Gasteiger partial charge is 0.285 e. The molecule has 0 aromatic heterocycles. The molecule has 0 N–H and O–H groups in total. The van der Waals surface area contributed by atoms with E-state index in [9.17, 15) is 0 Å². The average molecular weight is 292 g/mol. The molecule has 0 radical (unpaired) electrons. The molecular formula is C20H24N2. The number of rotatable bonds is 1. The van der Waals surface area contributed by atoms with Crippen molar-refractivity contribution < 1.29 is 0 Å². The lowest BCUT2D eigenvalue weighted by Crippen LogP contribution is -2.44. The van der Waals surface area contributed by atoms with Gasteiger partial charge in [-0.05, 0) is 61.8 Å². The Hall–Kier alpha value is -1.96. The minimum absolute atomic E-state index is 1.13. The van der Waals surface area contributed by atoms with Crippen molar-refractivity contribution in [1.82, 2.24) is 0 Å². The Balaban J connectivity index is 1.78. The van der Waals surface area contributed by atoms with Crippen LogP contribution in [0.3, 0.4) is 0 Å². The Morgan fingerprint density at radius 3 is 1.50 bits per heavy atom. The van der Waals surface area contributed by atoms with Crippen molar-refractivity contribution in [3.05, 3.63) is 59.7 Å². The highest BCUT2D eigenvalue weighted by molar-refractivity contribution is 5.64. The Morgan fingerprint density at radius 1 is 0.545 bits per heavy atom. The van der Waals surface area contributed by atoms with Gasteiger partial charge in [-0.2, -0.15) is 0 Å². The normalized spacial score (nSPS) is 18.2. The molecule has 0 aliphatic carbocycles. The summed E-state index contributed by atoms with van der Waals surface area (Å²) in [5.41, 5.74) is 5.83. The number of hydrogen-bond donors (Lipinski definition) is 0. The average Bonchev–Trinajstić information content (AvgIpc) is 2.90. The van der Waals surface area contributed by atoms with Crippen LogP contribution in [0.4, 0.5) is 11.4 Å². The predicted molar refractivity (Wildman–Crippen MR) is 93.5 cm³/mol. The van der Waals surface area contributed by atoms with E-state index in [1.54, 1.807) is 0 Å². The van der Waals surface area contributed by atoms with Crippen molar-refractivity contribution in [2.75, 3.05) is 23.1 Å². The SMILES string of the molecule is c1ccc2c(c1)CCCCN2N1CCCCc2ccccc21. The molecule has 22 heavy (non-hydrogen) atoms. The first-order chi connectivity index (χ1) is 10.9. The topological polar surface area (TPSA) is 6.48 Å². The van der Waals surface area contributed by atoms with Crippen LogP contribution in [0, 0.1) is 0 Å². The summed E-state index contributed by atoms with van der Waals surface area (Å²) in [7, 11) is 0. The smallest absolute Gasteiger partial charge is 0.0606 e. The summed E-state index contributed by atoms with van der Waals surface area (Å²) in [6.45, 7) is 2.26. The maximum absolute atomic E-state index is 2.55. The van der Waals surface area contributed by atoms with Crippen molar-refractivity contribution in [3.8, 4) is 0 Å². The van der Waals surface area contributed by atoms with Crippen molar-refractivity contribution >= 4 is 11.4 Å². The molecule has 2 aromatic carbocycles. The lowest BCUT2D eigenvalue weighted by atomic mass is 10.1. The first-order valence-electron chi connectivity index (χ1n) is 8.64. The van der Waals surface area contributed by atoms with Gasteiger partial charge in [0.15, 0.2) is 0 Å². The quantitative estimate of drug-likeness (QED) is 0.758. The Labute approximate surface area is 133 Å². The number of hydrazine groups is 1. The Morgan fingerprint density at radius 2 is 1.00 bits per heavy atom. The van der Waals surface area contributed by atoms with Crippen molar-refractivity contribution in [2.24, 2.45) is 0 Å². The number of nitrogens with zero attached hydrogens (tertiary/aromatic N) is 2. The fraction of sp³-hybridized carbons (Fsp3) is 0.400. The van der Waals surface area contributed by atoms with Crippen LogP contribution in [-0.4, -0.2) is 13.1 Å². The standard InChI is InChI=1S/C20H24N2/c1-3-13-19-17(9-1)11-5-7-15-21(19)22-16-8-6-12-18-10-2-4-14-20(18)22/h1-4,9-10,13-14H,5-8,11-12,15-16H2. The second-order valence-electron chi connectivity index (χ2n) is 6.42. The number of fused-ring (bicyclic) bond motifs is 2. The van der Waals surface area contributed by atoms with Gasteiger partial charge < -0.3 is 0 Å². The summed E-state index contributed by atoms with van der Waals surface area (Å²) >= 11 is 0. The molecule has 0 bridgehead atoms. The molecule has 0 atom stereocenters. The molecule has 114 valence electrons. The molecule has 2 aliphatic rings. The van der Waals surface area contributed by atoms with Crippen LogP contribution in [0.5, 0.6) is 0 Å². The minimum atomic E-state index is 1.13. The zero-order valence-electron chi connectivity index (χ0n) is 13.2. The van der Waals surface area contributed by atoms with Gasteiger partial charge in [-0.15, -0.1) is 0 Å². The van der Waals surface area contributed by atoms with Gasteiger partial charge in [0, 0.05) is 13.1 Å². The van der Waals surface area contributed by atoms with E-state index in [1.165, 1.54) is 61.0 Å². The van der Waals surface area contributed by atoms with Crippen LogP contribution < -0.4 is 10.0 Å². The Kier molecular flexibility index (Phi) is 3.75. The molecule has 2 nitrogen and oxygen atoms in total. The van der Waals surface area contributed by atoms with Gasteiger partial charge in [-0.3, -0.25) is 10.0 Å². The van der Waals surface area contributed by atoms with Crippen molar-refractivity contribution in [2.45, 2.75) is 38.5 Å². The monoisotopic (exact) mass is 292 g/mol. The lowest BCUT2D eigenvalue weighted by molar-refractivity contribution is 0.652. The van der Waals surface area contributed by atoms with E-state index >= 15 is 0 Å². The Bertz CT molecular complexity index is 592. The van der Waals surface area contributed by atoms with Crippen molar-refractivity contribution in [1.29, 1.82) is 0 Å². The first kappa shape index (κ1) is 13.7. The van der Waals surface area contributed by atoms with Gasteiger partial charge in [-0.1, -0.05) is 36.4 Å². The van der Waals surface area contributed by atoms with Crippen LogP contribution in [0.1, 0.15) is 36.8 Å². The van der Waals surface area contributed by atoms with E-state index in [0.717, 1.165) is 13.1 Å². The maximum Gasteiger partial charge on any atom is 0.0606 e. The van der Waals surface area contributed by atoms with Gasteiger partial charge in [0.05, 0.1) is 11.4 Å². The summed E-state index contributed by atoms with van der Waals surface area (Å²) < 4.78 is 0. The summed E-state index contributed by atoms with van der Waals surface area (Å²) in [6, 6.07) is 17.9. The number of anilines is 2. The molecule has 2 heterocycles. The summed E-state index contributed by atoms with van der Waals surface area (Å²) in [6.07, 6.45) is 7.55. The lowest BCUT2D eigenvalue weighted by Gasteiger charge is -2.38. The molecule has 0 unspecified atom stereocenters.